The van der Waals surface area contributed by atoms with Crippen LogP contribution in [0.1, 0.15) is 16.0 Å². The SMILES string of the molecule is COc1ccc(C)cc1/C=C/C(=O)N(C)Cc1cc(Br)cs1. The second-order valence-corrected chi connectivity index (χ2v) is 6.92. The van der Waals surface area contributed by atoms with Gasteiger partial charge in [-0.25, -0.2) is 0 Å². The first-order valence-electron chi connectivity index (χ1n) is 6.80. The van der Waals surface area contributed by atoms with Crippen molar-refractivity contribution in [3.05, 3.63) is 56.2 Å². The third-order valence-electron chi connectivity index (χ3n) is 3.18. The number of halogens is 1. The number of aryl methyl sites for hydroxylation is 1. The lowest BCUT2D eigenvalue weighted by Gasteiger charge is -2.13. The Kier molecular flexibility index (Phi) is 5.80. The van der Waals surface area contributed by atoms with Gasteiger partial charge in [0.05, 0.1) is 13.7 Å². The van der Waals surface area contributed by atoms with Crippen LogP contribution in [0.2, 0.25) is 0 Å². The summed E-state index contributed by atoms with van der Waals surface area (Å²) in [4.78, 5) is 15.0. The van der Waals surface area contributed by atoms with Gasteiger partial charge in [0.1, 0.15) is 5.75 Å². The molecule has 0 unspecified atom stereocenters. The fourth-order valence-corrected chi connectivity index (χ4v) is 3.52. The molecule has 116 valence electrons. The van der Waals surface area contributed by atoms with Crippen molar-refractivity contribution in [3.8, 4) is 5.75 Å². The highest BCUT2D eigenvalue weighted by Gasteiger charge is 2.08. The molecule has 0 bridgehead atoms. The third kappa shape index (κ3) is 4.45. The van der Waals surface area contributed by atoms with Gasteiger partial charge in [-0.2, -0.15) is 0 Å². The van der Waals surface area contributed by atoms with Crippen LogP contribution in [0.15, 0.2) is 40.2 Å². The molecule has 1 heterocycles. The predicted octanol–water partition coefficient (Wildman–Crippen LogP) is 4.50. The Hall–Kier alpha value is -1.59. The zero-order valence-corrected chi connectivity index (χ0v) is 15.2. The fraction of sp³-hybridized carbons (Fsp3) is 0.235. The van der Waals surface area contributed by atoms with Crippen molar-refractivity contribution >= 4 is 39.2 Å². The van der Waals surface area contributed by atoms with Crippen LogP contribution in [0.25, 0.3) is 6.08 Å². The standard InChI is InChI=1S/C17H18BrNO2S/c1-12-4-6-16(21-3)13(8-12)5-7-17(20)19(2)10-15-9-14(18)11-22-15/h4-9,11H,10H2,1-3H3/b7-5+. The van der Waals surface area contributed by atoms with Crippen molar-refractivity contribution < 1.29 is 9.53 Å². The van der Waals surface area contributed by atoms with Crippen molar-refractivity contribution in [1.82, 2.24) is 4.90 Å². The lowest BCUT2D eigenvalue weighted by Crippen LogP contribution is -2.23. The maximum Gasteiger partial charge on any atom is 0.246 e. The van der Waals surface area contributed by atoms with Gasteiger partial charge in [-0.05, 0) is 47.1 Å². The summed E-state index contributed by atoms with van der Waals surface area (Å²) in [7, 11) is 3.43. The molecular weight excluding hydrogens is 362 g/mol. The van der Waals surface area contributed by atoms with Gasteiger partial charge in [0.15, 0.2) is 0 Å². The molecule has 5 heteroatoms. The Morgan fingerprint density at radius 3 is 2.82 bits per heavy atom. The summed E-state index contributed by atoms with van der Waals surface area (Å²) in [5.41, 5.74) is 2.04. The van der Waals surface area contributed by atoms with Gasteiger partial charge in [-0.3, -0.25) is 4.79 Å². The van der Waals surface area contributed by atoms with E-state index in [9.17, 15) is 4.79 Å². The number of carbonyl (C=O) groups is 1. The first kappa shape index (κ1) is 16.8. The molecule has 0 aliphatic heterocycles. The highest BCUT2D eigenvalue weighted by Crippen LogP contribution is 2.22. The molecule has 0 atom stereocenters. The van der Waals surface area contributed by atoms with Crippen LogP contribution in [0.3, 0.4) is 0 Å². The number of amides is 1. The summed E-state index contributed by atoms with van der Waals surface area (Å²) in [5.74, 6) is 0.729. The molecule has 0 N–H and O–H groups in total. The van der Waals surface area contributed by atoms with Gasteiger partial charge in [-0.15, -0.1) is 11.3 Å². The number of likely N-dealkylation sites (N-methyl/N-ethyl adjacent to an activating group) is 1. The normalized spacial score (nSPS) is 10.9. The van der Waals surface area contributed by atoms with E-state index < -0.39 is 0 Å². The molecule has 0 fully saturated rings. The molecule has 0 spiro atoms. The van der Waals surface area contributed by atoms with Crippen molar-refractivity contribution in [2.45, 2.75) is 13.5 Å². The Balaban J connectivity index is 2.06. The number of ether oxygens (including phenoxy) is 1. The number of methoxy groups -OCH3 is 1. The molecule has 3 nitrogen and oxygen atoms in total. The molecule has 0 aliphatic rings. The number of thiophene rings is 1. The minimum Gasteiger partial charge on any atom is -0.496 e. The van der Waals surface area contributed by atoms with Gasteiger partial charge >= 0.3 is 0 Å². The van der Waals surface area contributed by atoms with Gasteiger partial charge in [0, 0.05) is 33.4 Å². The summed E-state index contributed by atoms with van der Waals surface area (Å²) >= 11 is 5.06. The van der Waals surface area contributed by atoms with Gasteiger partial charge in [0.2, 0.25) is 5.91 Å². The monoisotopic (exact) mass is 379 g/mol. The molecule has 0 saturated carbocycles. The molecule has 2 aromatic rings. The van der Waals surface area contributed by atoms with Crippen molar-refractivity contribution in [1.29, 1.82) is 0 Å². The number of hydrogen-bond acceptors (Lipinski definition) is 3. The zero-order valence-electron chi connectivity index (χ0n) is 12.8. The third-order valence-corrected chi connectivity index (χ3v) is 4.86. The van der Waals surface area contributed by atoms with Crippen LogP contribution in [0, 0.1) is 6.92 Å². The fourth-order valence-electron chi connectivity index (χ4n) is 2.02. The van der Waals surface area contributed by atoms with E-state index in [1.807, 2.05) is 36.6 Å². The van der Waals surface area contributed by atoms with E-state index >= 15 is 0 Å². The van der Waals surface area contributed by atoms with Crippen LogP contribution >= 0.6 is 27.3 Å². The molecule has 22 heavy (non-hydrogen) atoms. The molecule has 1 amide bonds. The molecule has 0 saturated heterocycles. The zero-order chi connectivity index (χ0) is 16.1. The number of nitrogens with zero attached hydrogens (tertiary/aromatic N) is 1. The number of hydrogen-bond donors (Lipinski definition) is 0. The van der Waals surface area contributed by atoms with Crippen molar-refractivity contribution in [3.63, 3.8) is 0 Å². The average molecular weight is 380 g/mol. The smallest absolute Gasteiger partial charge is 0.246 e. The van der Waals surface area contributed by atoms with Gasteiger partial charge < -0.3 is 9.64 Å². The van der Waals surface area contributed by atoms with Crippen molar-refractivity contribution in [2.75, 3.05) is 14.2 Å². The Labute approximate surface area is 143 Å². The van der Waals surface area contributed by atoms with Crippen LogP contribution in [-0.2, 0) is 11.3 Å². The second kappa shape index (κ2) is 7.61. The maximum atomic E-state index is 12.2. The second-order valence-electron chi connectivity index (χ2n) is 5.00. The Bertz CT molecular complexity index is 694. The largest absolute Gasteiger partial charge is 0.496 e. The minimum atomic E-state index is -0.0342. The average Bonchev–Trinajstić information content (AvgIpc) is 2.90. The summed E-state index contributed by atoms with van der Waals surface area (Å²) in [6, 6.07) is 7.92. The van der Waals surface area contributed by atoms with Crippen LogP contribution in [0.5, 0.6) is 5.75 Å². The molecule has 1 aromatic heterocycles. The van der Waals surface area contributed by atoms with Crippen molar-refractivity contribution in [2.24, 2.45) is 0 Å². The minimum absolute atomic E-state index is 0.0342. The van der Waals surface area contributed by atoms with Crippen LogP contribution < -0.4 is 4.74 Å². The van der Waals surface area contributed by atoms with E-state index in [-0.39, 0.29) is 5.91 Å². The summed E-state index contributed by atoms with van der Waals surface area (Å²) in [6.45, 7) is 2.61. The Morgan fingerprint density at radius 1 is 1.41 bits per heavy atom. The highest BCUT2D eigenvalue weighted by molar-refractivity contribution is 9.10. The van der Waals surface area contributed by atoms with Gasteiger partial charge in [0.25, 0.3) is 0 Å². The number of rotatable bonds is 5. The van der Waals surface area contributed by atoms with E-state index in [4.69, 9.17) is 4.74 Å². The first-order chi connectivity index (χ1) is 10.5. The highest BCUT2D eigenvalue weighted by atomic mass is 79.9. The van der Waals surface area contributed by atoms with E-state index in [2.05, 4.69) is 15.9 Å². The predicted molar refractivity (Wildman–Crippen MR) is 95.3 cm³/mol. The van der Waals surface area contributed by atoms with Crippen LogP contribution in [0.4, 0.5) is 0 Å². The van der Waals surface area contributed by atoms with E-state index in [0.717, 1.165) is 26.2 Å². The molecule has 2 rings (SSSR count). The van der Waals surface area contributed by atoms with E-state index in [1.54, 1.807) is 42.5 Å². The number of benzene rings is 1. The summed E-state index contributed by atoms with van der Waals surface area (Å²) in [6.07, 6.45) is 3.38. The first-order valence-corrected chi connectivity index (χ1v) is 8.47. The van der Waals surface area contributed by atoms with E-state index in [1.165, 1.54) is 0 Å². The molecule has 0 aliphatic carbocycles. The lowest BCUT2D eigenvalue weighted by atomic mass is 10.1. The van der Waals surface area contributed by atoms with Crippen LogP contribution in [-0.4, -0.2) is 25.0 Å². The Morgan fingerprint density at radius 2 is 2.18 bits per heavy atom. The summed E-state index contributed by atoms with van der Waals surface area (Å²) in [5, 5.41) is 2.01. The lowest BCUT2D eigenvalue weighted by molar-refractivity contribution is -0.125. The molecular formula is C17H18BrNO2S. The van der Waals surface area contributed by atoms with Gasteiger partial charge in [-0.1, -0.05) is 11.6 Å². The quantitative estimate of drug-likeness (QED) is 0.715. The topological polar surface area (TPSA) is 29.5 Å². The maximum absolute atomic E-state index is 12.2. The molecule has 0 radical (unpaired) electrons. The summed E-state index contributed by atoms with van der Waals surface area (Å²) < 4.78 is 6.36. The molecule has 1 aromatic carbocycles. The van der Waals surface area contributed by atoms with E-state index in [0.29, 0.717) is 6.54 Å². The number of carbonyl (C=O) groups excluding carboxylic acids is 1.